The minimum Gasteiger partial charge on any atom is -0.379 e. The second-order valence-electron chi connectivity index (χ2n) is 3.98. The standard InChI is InChI=1S/C13H28O4/c1-4-6-14-8-9-16-12-13(3)17-11-10-15-7-5-2/h13H,4-12H2,1-3H3. The van der Waals surface area contributed by atoms with Gasteiger partial charge in [0, 0.05) is 13.2 Å². The third kappa shape index (κ3) is 13.8. The predicted octanol–water partition coefficient (Wildman–Crippen LogP) is 2.26. The number of hydrogen-bond acceptors (Lipinski definition) is 4. The van der Waals surface area contributed by atoms with Crippen LogP contribution in [0.5, 0.6) is 0 Å². The molecule has 0 aliphatic heterocycles. The SMILES string of the molecule is CCCOCCOCC(C)OCCOCCC. The second-order valence-corrected chi connectivity index (χ2v) is 3.98. The average Bonchev–Trinajstić information content (AvgIpc) is 2.33. The van der Waals surface area contributed by atoms with Gasteiger partial charge in [-0.05, 0) is 19.8 Å². The molecule has 0 aliphatic rings. The molecule has 0 aromatic rings. The van der Waals surface area contributed by atoms with Crippen molar-refractivity contribution in [1.82, 2.24) is 0 Å². The normalized spacial score (nSPS) is 12.9. The number of rotatable bonds is 13. The van der Waals surface area contributed by atoms with E-state index in [1.807, 2.05) is 6.92 Å². The lowest BCUT2D eigenvalue weighted by molar-refractivity contribution is -0.0396. The van der Waals surface area contributed by atoms with Crippen LogP contribution in [-0.2, 0) is 18.9 Å². The van der Waals surface area contributed by atoms with E-state index in [2.05, 4.69) is 13.8 Å². The molecule has 0 heterocycles. The predicted molar refractivity (Wildman–Crippen MR) is 68.5 cm³/mol. The molecule has 4 heteroatoms. The third-order valence-corrected chi connectivity index (χ3v) is 2.05. The third-order valence-electron chi connectivity index (χ3n) is 2.05. The Hall–Kier alpha value is -0.160. The highest BCUT2D eigenvalue weighted by atomic mass is 16.6. The molecule has 104 valence electrons. The van der Waals surface area contributed by atoms with Crippen molar-refractivity contribution in [3.05, 3.63) is 0 Å². The molecule has 0 rings (SSSR count). The van der Waals surface area contributed by atoms with Crippen LogP contribution in [-0.4, -0.2) is 52.4 Å². The van der Waals surface area contributed by atoms with E-state index >= 15 is 0 Å². The second kappa shape index (κ2) is 13.9. The van der Waals surface area contributed by atoms with E-state index in [0.29, 0.717) is 33.0 Å². The molecule has 0 saturated carbocycles. The van der Waals surface area contributed by atoms with Crippen LogP contribution in [0.25, 0.3) is 0 Å². The van der Waals surface area contributed by atoms with Crippen LogP contribution in [0.15, 0.2) is 0 Å². The maximum atomic E-state index is 5.53. The zero-order valence-corrected chi connectivity index (χ0v) is 11.6. The van der Waals surface area contributed by atoms with Crippen molar-refractivity contribution in [1.29, 1.82) is 0 Å². The van der Waals surface area contributed by atoms with Crippen LogP contribution in [0.1, 0.15) is 33.6 Å². The highest BCUT2D eigenvalue weighted by Crippen LogP contribution is 1.93. The van der Waals surface area contributed by atoms with Crippen molar-refractivity contribution in [2.75, 3.05) is 46.2 Å². The van der Waals surface area contributed by atoms with Gasteiger partial charge in [-0.25, -0.2) is 0 Å². The van der Waals surface area contributed by atoms with Crippen molar-refractivity contribution in [2.45, 2.75) is 39.7 Å². The van der Waals surface area contributed by atoms with Gasteiger partial charge in [0.05, 0.1) is 39.1 Å². The minimum absolute atomic E-state index is 0.117. The first-order valence-electron chi connectivity index (χ1n) is 6.66. The highest BCUT2D eigenvalue weighted by molar-refractivity contribution is 4.47. The van der Waals surface area contributed by atoms with Crippen LogP contribution in [0.3, 0.4) is 0 Å². The molecule has 0 aromatic carbocycles. The lowest BCUT2D eigenvalue weighted by Gasteiger charge is -2.13. The van der Waals surface area contributed by atoms with Crippen LogP contribution in [0, 0.1) is 0 Å². The van der Waals surface area contributed by atoms with Gasteiger partial charge in [0.2, 0.25) is 0 Å². The Morgan fingerprint density at radius 1 is 0.706 bits per heavy atom. The summed E-state index contributed by atoms with van der Waals surface area (Å²) in [5.74, 6) is 0. The fourth-order valence-corrected chi connectivity index (χ4v) is 1.22. The molecule has 0 spiro atoms. The fourth-order valence-electron chi connectivity index (χ4n) is 1.22. The zero-order valence-electron chi connectivity index (χ0n) is 11.6. The summed E-state index contributed by atoms with van der Waals surface area (Å²) >= 11 is 0. The van der Waals surface area contributed by atoms with Crippen molar-refractivity contribution in [2.24, 2.45) is 0 Å². The van der Waals surface area contributed by atoms with E-state index in [1.54, 1.807) is 0 Å². The van der Waals surface area contributed by atoms with Gasteiger partial charge in [-0.3, -0.25) is 0 Å². The zero-order chi connectivity index (χ0) is 12.8. The quantitative estimate of drug-likeness (QED) is 0.469. The first-order chi connectivity index (χ1) is 8.31. The van der Waals surface area contributed by atoms with E-state index in [4.69, 9.17) is 18.9 Å². The van der Waals surface area contributed by atoms with Crippen molar-refractivity contribution in [3.8, 4) is 0 Å². The van der Waals surface area contributed by atoms with E-state index in [-0.39, 0.29) is 6.10 Å². The molecule has 0 saturated heterocycles. The Morgan fingerprint density at radius 3 is 1.82 bits per heavy atom. The Morgan fingerprint density at radius 2 is 1.24 bits per heavy atom. The molecule has 0 amide bonds. The van der Waals surface area contributed by atoms with Gasteiger partial charge >= 0.3 is 0 Å². The summed E-state index contributed by atoms with van der Waals surface area (Å²) in [5, 5.41) is 0. The van der Waals surface area contributed by atoms with Gasteiger partial charge in [-0.1, -0.05) is 13.8 Å². The van der Waals surface area contributed by atoms with Gasteiger partial charge in [0.15, 0.2) is 0 Å². The van der Waals surface area contributed by atoms with Crippen molar-refractivity contribution in [3.63, 3.8) is 0 Å². The monoisotopic (exact) mass is 248 g/mol. The van der Waals surface area contributed by atoms with Crippen molar-refractivity contribution < 1.29 is 18.9 Å². The van der Waals surface area contributed by atoms with Gasteiger partial charge in [-0.2, -0.15) is 0 Å². The first-order valence-corrected chi connectivity index (χ1v) is 6.66. The molecule has 17 heavy (non-hydrogen) atoms. The van der Waals surface area contributed by atoms with E-state index in [1.165, 1.54) is 0 Å². The summed E-state index contributed by atoms with van der Waals surface area (Å²) in [6.07, 6.45) is 2.22. The molecule has 0 aliphatic carbocycles. The summed E-state index contributed by atoms with van der Waals surface area (Å²) in [6, 6.07) is 0. The Balaban J connectivity index is 3.09. The Labute approximate surface area is 106 Å². The summed E-state index contributed by atoms with van der Waals surface area (Å²) < 4.78 is 21.6. The van der Waals surface area contributed by atoms with E-state index in [9.17, 15) is 0 Å². The molecule has 0 aromatic heterocycles. The van der Waals surface area contributed by atoms with Gasteiger partial charge < -0.3 is 18.9 Å². The Kier molecular flexibility index (Phi) is 13.8. The summed E-state index contributed by atoms with van der Waals surface area (Å²) in [5.41, 5.74) is 0. The van der Waals surface area contributed by atoms with Gasteiger partial charge in [0.25, 0.3) is 0 Å². The van der Waals surface area contributed by atoms with Crippen molar-refractivity contribution >= 4 is 0 Å². The fraction of sp³-hybridized carbons (Fsp3) is 1.00. The minimum atomic E-state index is 0.117. The van der Waals surface area contributed by atoms with Gasteiger partial charge in [0.1, 0.15) is 0 Å². The topological polar surface area (TPSA) is 36.9 Å². The van der Waals surface area contributed by atoms with E-state index < -0.39 is 0 Å². The largest absolute Gasteiger partial charge is 0.379 e. The smallest absolute Gasteiger partial charge is 0.0781 e. The highest BCUT2D eigenvalue weighted by Gasteiger charge is 2.01. The maximum Gasteiger partial charge on any atom is 0.0781 e. The summed E-state index contributed by atoms with van der Waals surface area (Å²) in [7, 11) is 0. The molecule has 0 N–H and O–H groups in total. The summed E-state index contributed by atoms with van der Waals surface area (Å²) in [6.45, 7) is 11.0. The van der Waals surface area contributed by atoms with Crippen LogP contribution in [0.4, 0.5) is 0 Å². The van der Waals surface area contributed by atoms with Crippen LogP contribution < -0.4 is 0 Å². The molecule has 1 atom stereocenters. The maximum absolute atomic E-state index is 5.53. The first kappa shape index (κ1) is 16.8. The average molecular weight is 248 g/mol. The molecular weight excluding hydrogens is 220 g/mol. The molecule has 0 fully saturated rings. The number of ether oxygens (including phenoxy) is 4. The van der Waals surface area contributed by atoms with Crippen LogP contribution in [0.2, 0.25) is 0 Å². The van der Waals surface area contributed by atoms with E-state index in [0.717, 1.165) is 26.1 Å². The molecule has 0 radical (unpaired) electrons. The molecular formula is C13H28O4. The summed E-state index contributed by atoms with van der Waals surface area (Å²) in [4.78, 5) is 0. The molecule has 1 unspecified atom stereocenters. The molecule has 0 bridgehead atoms. The molecule has 4 nitrogen and oxygen atoms in total. The lowest BCUT2D eigenvalue weighted by atomic mass is 10.4. The Bertz CT molecular complexity index is 141. The number of hydrogen-bond donors (Lipinski definition) is 0. The van der Waals surface area contributed by atoms with Crippen LogP contribution >= 0.6 is 0 Å². The lowest BCUT2D eigenvalue weighted by Crippen LogP contribution is -2.20. The van der Waals surface area contributed by atoms with Gasteiger partial charge in [-0.15, -0.1) is 0 Å².